The van der Waals surface area contributed by atoms with Crippen LogP contribution in [0.4, 0.5) is 5.69 Å². The van der Waals surface area contributed by atoms with Crippen LogP contribution in [0.2, 0.25) is 10.0 Å². The highest BCUT2D eigenvalue weighted by Gasteiger charge is 2.08. The Morgan fingerprint density at radius 2 is 1.75 bits per heavy atom. The van der Waals surface area contributed by atoms with Gasteiger partial charge in [0.25, 0.3) is 0 Å². The zero-order chi connectivity index (χ0) is 20.1. The van der Waals surface area contributed by atoms with Gasteiger partial charge in [0.15, 0.2) is 0 Å². The summed E-state index contributed by atoms with van der Waals surface area (Å²) in [7, 11) is 3.08. The van der Waals surface area contributed by atoms with Crippen molar-refractivity contribution in [1.29, 1.82) is 0 Å². The quantitative estimate of drug-likeness (QED) is 0.505. The number of nitrogens with one attached hydrogen (secondary N) is 1. The fourth-order valence-electron chi connectivity index (χ4n) is 2.53. The number of benzene rings is 2. The Morgan fingerprint density at radius 3 is 2.43 bits per heavy atom. The van der Waals surface area contributed by atoms with Gasteiger partial charge >= 0.3 is 0 Å². The molecular weight excluding hydrogens is 401 g/mol. The highest BCUT2D eigenvalue weighted by Crippen LogP contribution is 2.30. The number of carbonyl (C=O) groups excluding carboxylic acids is 1. The van der Waals surface area contributed by atoms with E-state index >= 15 is 0 Å². The molecule has 3 aromatic rings. The Morgan fingerprint density at radius 1 is 1.00 bits per heavy atom. The molecule has 1 amide bonds. The topological polar surface area (TPSA) is 60.7 Å². The SMILES string of the molecule is COc1ccc(NC(=O)/C=C/c2ccc(-c3cc(Cl)cc(Cl)c3)o2)c(OC)c1. The summed E-state index contributed by atoms with van der Waals surface area (Å²) in [6.45, 7) is 0. The van der Waals surface area contributed by atoms with Crippen molar-refractivity contribution >= 4 is 40.9 Å². The number of rotatable bonds is 6. The summed E-state index contributed by atoms with van der Waals surface area (Å²) >= 11 is 12.0. The molecule has 0 aliphatic rings. The first kappa shape index (κ1) is 19.9. The zero-order valence-corrected chi connectivity index (χ0v) is 16.7. The van der Waals surface area contributed by atoms with Crippen LogP contribution in [0, 0.1) is 0 Å². The van der Waals surface area contributed by atoms with E-state index < -0.39 is 0 Å². The van der Waals surface area contributed by atoms with Crippen molar-refractivity contribution in [2.45, 2.75) is 0 Å². The van der Waals surface area contributed by atoms with Crippen LogP contribution in [-0.2, 0) is 4.79 Å². The van der Waals surface area contributed by atoms with Crippen LogP contribution >= 0.6 is 23.2 Å². The Kier molecular flexibility index (Phi) is 6.29. The maximum absolute atomic E-state index is 12.2. The lowest BCUT2D eigenvalue weighted by Gasteiger charge is -2.10. The average molecular weight is 418 g/mol. The lowest BCUT2D eigenvalue weighted by atomic mass is 10.2. The average Bonchev–Trinajstić information content (AvgIpc) is 3.15. The van der Waals surface area contributed by atoms with E-state index in [0.29, 0.717) is 38.8 Å². The number of anilines is 1. The first-order valence-electron chi connectivity index (χ1n) is 8.26. The van der Waals surface area contributed by atoms with E-state index in [-0.39, 0.29) is 5.91 Å². The Hall–Kier alpha value is -2.89. The molecule has 5 nitrogen and oxygen atoms in total. The minimum atomic E-state index is -0.327. The zero-order valence-electron chi connectivity index (χ0n) is 15.2. The molecule has 0 unspecified atom stereocenters. The molecule has 0 aliphatic heterocycles. The number of carbonyl (C=O) groups is 1. The van der Waals surface area contributed by atoms with E-state index in [1.807, 2.05) is 0 Å². The number of methoxy groups -OCH3 is 2. The van der Waals surface area contributed by atoms with Gasteiger partial charge in [-0.3, -0.25) is 4.79 Å². The standard InChI is InChI=1S/C21H17Cl2NO4/c1-26-17-3-6-18(20(12-17)27-2)24-21(25)8-5-16-4-7-19(28-16)13-9-14(22)11-15(23)10-13/h3-12H,1-2H3,(H,24,25)/b8-5+. The van der Waals surface area contributed by atoms with Crippen molar-refractivity contribution in [2.24, 2.45) is 0 Å². The van der Waals surface area contributed by atoms with Crippen LogP contribution in [-0.4, -0.2) is 20.1 Å². The highest BCUT2D eigenvalue weighted by molar-refractivity contribution is 6.35. The van der Waals surface area contributed by atoms with Crippen LogP contribution in [0.3, 0.4) is 0 Å². The maximum atomic E-state index is 12.2. The summed E-state index contributed by atoms with van der Waals surface area (Å²) in [4.78, 5) is 12.2. The van der Waals surface area contributed by atoms with Gasteiger partial charge in [0.05, 0.1) is 19.9 Å². The van der Waals surface area contributed by atoms with Gasteiger partial charge in [0.1, 0.15) is 23.0 Å². The van der Waals surface area contributed by atoms with Crippen molar-refractivity contribution in [3.8, 4) is 22.8 Å². The first-order valence-corrected chi connectivity index (χ1v) is 9.01. The molecule has 0 aliphatic carbocycles. The second-order valence-corrected chi connectivity index (χ2v) is 6.62. The van der Waals surface area contributed by atoms with E-state index in [9.17, 15) is 4.79 Å². The van der Waals surface area contributed by atoms with E-state index in [2.05, 4.69) is 5.32 Å². The van der Waals surface area contributed by atoms with E-state index in [1.165, 1.54) is 13.2 Å². The van der Waals surface area contributed by atoms with Gasteiger partial charge in [-0.25, -0.2) is 0 Å². The van der Waals surface area contributed by atoms with Crippen molar-refractivity contribution in [3.63, 3.8) is 0 Å². The molecule has 0 bridgehead atoms. The molecule has 3 rings (SSSR count). The minimum Gasteiger partial charge on any atom is -0.497 e. The third-order valence-corrected chi connectivity index (χ3v) is 4.28. The largest absolute Gasteiger partial charge is 0.497 e. The van der Waals surface area contributed by atoms with Gasteiger partial charge in [-0.2, -0.15) is 0 Å². The number of halogens is 2. The summed E-state index contributed by atoms with van der Waals surface area (Å²) in [5.41, 5.74) is 1.29. The molecule has 2 aromatic carbocycles. The molecule has 0 saturated carbocycles. The summed E-state index contributed by atoms with van der Waals surface area (Å²) < 4.78 is 16.1. The monoisotopic (exact) mass is 417 g/mol. The lowest BCUT2D eigenvalue weighted by Crippen LogP contribution is -2.08. The number of ether oxygens (including phenoxy) is 2. The van der Waals surface area contributed by atoms with Gasteiger partial charge in [-0.1, -0.05) is 23.2 Å². The molecular formula is C21H17Cl2NO4. The van der Waals surface area contributed by atoms with Gasteiger partial charge in [-0.05, 0) is 48.5 Å². The van der Waals surface area contributed by atoms with Crippen LogP contribution in [0.25, 0.3) is 17.4 Å². The molecule has 0 radical (unpaired) electrons. The van der Waals surface area contributed by atoms with Crippen LogP contribution in [0.15, 0.2) is 59.0 Å². The van der Waals surface area contributed by atoms with E-state index in [1.54, 1.807) is 61.7 Å². The first-order chi connectivity index (χ1) is 13.5. The lowest BCUT2D eigenvalue weighted by molar-refractivity contribution is -0.111. The number of hydrogen-bond donors (Lipinski definition) is 1. The second kappa shape index (κ2) is 8.87. The van der Waals surface area contributed by atoms with Crippen LogP contribution in [0.1, 0.15) is 5.76 Å². The van der Waals surface area contributed by atoms with Crippen molar-refractivity contribution < 1.29 is 18.7 Å². The molecule has 0 saturated heterocycles. The minimum absolute atomic E-state index is 0.327. The Balaban J connectivity index is 1.71. The number of hydrogen-bond acceptors (Lipinski definition) is 4. The van der Waals surface area contributed by atoms with Crippen molar-refractivity contribution in [3.05, 3.63) is 70.4 Å². The molecule has 144 valence electrons. The molecule has 1 heterocycles. The van der Waals surface area contributed by atoms with Crippen molar-refractivity contribution in [2.75, 3.05) is 19.5 Å². The molecule has 0 fully saturated rings. The molecule has 0 atom stereocenters. The number of furan rings is 1. The normalized spacial score (nSPS) is 10.9. The maximum Gasteiger partial charge on any atom is 0.248 e. The fourth-order valence-corrected chi connectivity index (χ4v) is 3.05. The van der Waals surface area contributed by atoms with Gasteiger partial charge < -0.3 is 19.2 Å². The second-order valence-electron chi connectivity index (χ2n) is 5.75. The predicted octanol–water partition coefficient (Wildman–Crippen LogP) is 5.92. The van der Waals surface area contributed by atoms with Crippen LogP contribution < -0.4 is 14.8 Å². The number of amides is 1. The van der Waals surface area contributed by atoms with Gasteiger partial charge in [0, 0.05) is 27.8 Å². The van der Waals surface area contributed by atoms with E-state index in [0.717, 1.165) is 5.56 Å². The molecule has 28 heavy (non-hydrogen) atoms. The van der Waals surface area contributed by atoms with Gasteiger partial charge in [-0.15, -0.1) is 0 Å². The molecule has 0 spiro atoms. The highest BCUT2D eigenvalue weighted by atomic mass is 35.5. The predicted molar refractivity (Wildman–Crippen MR) is 111 cm³/mol. The molecule has 1 aromatic heterocycles. The third-order valence-electron chi connectivity index (χ3n) is 3.84. The third kappa shape index (κ3) is 4.88. The molecule has 1 N–H and O–H groups in total. The fraction of sp³-hybridized carbons (Fsp3) is 0.0952. The molecule has 7 heteroatoms. The Bertz CT molecular complexity index is 1010. The summed E-state index contributed by atoms with van der Waals surface area (Å²) in [6, 6.07) is 13.8. The summed E-state index contributed by atoms with van der Waals surface area (Å²) in [5.74, 6) is 1.92. The smallest absolute Gasteiger partial charge is 0.248 e. The van der Waals surface area contributed by atoms with E-state index in [4.69, 9.17) is 37.1 Å². The Labute approximate surface area is 172 Å². The summed E-state index contributed by atoms with van der Waals surface area (Å²) in [6.07, 6.45) is 2.94. The summed E-state index contributed by atoms with van der Waals surface area (Å²) in [5, 5.41) is 3.79. The van der Waals surface area contributed by atoms with Crippen molar-refractivity contribution in [1.82, 2.24) is 0 Å². The van der Waals surface area contributed by atoms with Crippen LogP contribution in [0.5, 0.6) is 11.5 Å². The van der Waals surface area contributed by atoms with Gasteiger partial charge in [0.2, 0.25) is 5.91 Å².